The number of carboxylic acid groups (broad SMARTS) is 2. The largest absolute Gasteiger partial charge is 0.481 e. The maximum Gasteiger partial charge on any atom is 0.326 e. The molecule has 0 aromatic carbocycles. The third-order valence-corrected chi connectivity index (χ3v) is 2.29. The molecule has 0 radical (unpaired) electrons. The first kappa shape index (κ1) is 14.6. The zero-order valence-corrected chi connectivity index (χ0v) is 10.0. The summed E-state index contributed by atoms with van der Waals surface area (Å²) in [6, 6.07) is -1.10. The minimum atomic E-state index is -1.20. The topological polar surface area (TPSA) is 134 Å². The van der Waals surface area contributed by atoms with Crippen molar-refractivity contribution in [1.82, 2.24) is 20.1 Å². The molecule has 1 rings (SSSR count). The summed E-state index contributed by atoms with van der Waals surface area (Å²) in [5.74, 6) is -2.72. The number of carbonyl (C=O) groups excluding carboxylic acids is 1. The summed E-state index contributed by atoms with van der Waals surface area (Å²) in [5.41, 5.74) is 0. The van der Waals surface area contributed by atoms with E-state index in [2.05, 4.69) is 15.4 Å². The van der Waals surface area contributed by atoms with Gasteiger partial charge in [0.15, 0.2) is 0 Å². The molecule has 0 aliphatic heterocycles. The molecule has 0 fully saturated rings. The molecule has 0 aliphatic rings. The minimum absolute atomic E-state index is 0.0602. The van der Waals surface area contributed by atoms with E-state index >= 15 is 0 Å². The second-order valence-corrected chi connectivity index (χ2v) is 3.84. The molecule has 0 spiro atoms. The van der Waals surface area contributed by atoms with E-state index in [-0.39, 0.29) is 25.8 Å². The highest BCUT2D eigenvalue weighted by atomic mass is 16.4. The molecule has 0 saturated carbocycles. The molecule has 1 atom stereocenters. The number of aromatic nitrogens is 3. The van der Waals surface area contributed by atoms with Crippen LogP contribution in [0.2, 0.25) is 0 Å². The summed E-state index contributed by atoms with van der Waals surface area (Å²) in [6.07, 6.45) is 2.69. The molecule has 3 N–H and O–H groups in total. The molecule has 1 aromatic heterocycles. The molecular weight excluding hydrogens is 256 g/mol. The number of aliphatic carboxylic acids is 2. The van der Waals surface area contributed by atoms with Crippen LogP contribution in [-0.4, -0.2) is 48.9 Å². The third kappa shape index (κ3) is 5.61. The van der Waals surface area contributed by atoms with E-state index in [0.29, 0.717) is 0 Å². The van der Waals surface area contributed by atoms with Gasteiger partial charge in [-0.05, 0) is 12.8 Å². The number of amides is 1. The number of hydrogen-bond acceptors (Lipinski definition) is 5. The van der Waals surface area contributed by atoms with Crippen molar-refractivity contribution in [3.63, 3.8) is 0 Å². The highest BCUT2D eigenvalue weighted by Gasteiger charge is 2.20. The molecule has 1 heterocycles. The molecule has 0 saturated heterocycles. The van der Waals surface area contributed by atoms with Gasteiger partial charge in [-0.3, -0.25) is 9.59 Å². The normalized spacial score (nSPS) is 11.8. The van der Waals surface area contributed by atoms with Crippen molar-refractivity contribution in [3.05, 3.63) is 12.7 Å². The Kier molecular flexibility index (Phi) is 5.45. The van der Waals surface area contributed by atoms with E-state index in [1.54, 1.807) is 0 Å². The van der Waals surface area contributed by atoms with Crippen LogP contribution in [0.5, 0.6) is 0 Å². The summed E-state index contributed by atoms with van der Waals surface area (Å²) >= 11 is 0. The van der Waals surface area contributed by atoms with Gasteiger partial charge in [0.2, 0.25) is 5.91 Å². The van der Waals surface area contributed by atoms with Crippen molar-refractivity contribution >= 4 is 17.8 Å². The highest BCUT2D eigenvalue weighted by molar-refractivity contribution is 5.83. The number of nitrogens with one attached hydrogen (secondary N) is 1. The van der Waals surface area contributed by atoms with E-state index in [1.807, 2.05) is 0 Å². The lowest BCUT2D eigenvalue weighted by Crippen LogP contribution is -2.42. The lowest BCUT2D eigenvalue weighted by molar-refractivity contribution is -0.142. The molecule has 1 aromatic rings. The van der Waals surface area contributed by atoms with Gasteiger partial charge >= 0.3 is 11.9 Å². The second kappa shape index (κ2) is 7.09. The van der Waals surface area contributed by atoms with Crippen LogP contribution >= 0.6 is 0 Å². The van der Waals surface area contributed by atoms with Crippen molar-refractivity contribution in [2.75, 3.05) is 0 Å². The molecule has 9 heteroatoms. The maximum absolute atomic E-state index is 11.5. The van der Waals surface area contributed by atoms with Crippen molar-refractivity contribution in [2.45, 2.75) is 31.8 Å². The fourth-order valence-electron chi connectivity index (χ4n) is 1.42. The molecule has 9 nitrogen and oxygen atoms in total. The van der Waals surface area contributed by atoms with E-state index in [0.717, 1.165) is 0 Å². The summed E-state index contributed by atoms with van der Waals surface area (Å²) in [6.45, 7) is -0.136. The van der Waals surface area contributed by atoms with Gasteiger partial charge in [-0.15, -0.1) is 0 Å². The van der Waals surface area contributed by atoms with Gasteiger partial charge in [-0.1, -0.05) is 0 Å². The molecular formula is C10H14N4O5. The van der Waals surface area contributed by atoms with Gasteiger partial charge in [0, 0.05) is 6.42 Å². The summed E-state index contributed by atoms with van der Waals surface area (Å²) < 4.78 is 1.26. The first-order chi connectivity index (χ1) is 8.99. The van der Waals surface area contributed by atoms with E-state index in [4.69, 9.17) is 10.2 Å². The van der Waals surface area contributed by atoms with Crippen LogP contribution in [0.4, 0.5) is 0 Å². The van der Waals surface area contributed by atoms with Gasteiger partial charge in [0.25, 0.3) is 0 Å². The first-order valence-electron chi connectivity index (χ1n) is 5.55. The van der Waals surface area contributed by atoms with Crippen molar-refractivity contribution in [2.24, 2.45) is 0 Å². The van der Waals surface area contributed by atoms with E-state index in [9.17, 15) is 14.4 Å². The van der Waals surface area contributed by atoms with Crippen LogP contribution in [0.25, 0.3) is 0 Å². The quantitative estimate of drug-likeness (QED) is 0.557. The molecule has 104 valence electrons. The number of hydrogen-bond donors (Lipinski definition) is 3. The summed E-state index contributed by atoms with van der Waals surface area (Å²) in [4.78, 5) is 36.4. The predicted molar refractivity (Wildman–Crippen MR) is 61.1 cm³/mol. The van der Waals surface area contributed by atoms with Gasteiger partial charge in [-0.2, -0.15) is 5.10 Å². The smallest absolute Gasteiger partial charge is 0.326 e. The zero-order chi connectivity index (χ0) is 14.3. The standard InChI is InChI=1S/C10H14N4O5/c15-8(4-14-6-11-5-12-14)13-7(10(18)19)2-1-3-9(16)17/h5-7H,1-4H2,(H,13,15)(H,16,17)(H,18,19)/t7-/m1/s1. The summed E-state index contributed by atoms with van der Waals surface area (Å²) in [7, 11) is 0. The van der Waals surface area contributed by atoms with Crippen LogP contribution in [0.3, 0.4) is 0 Å². The van der Waals surface area contributed by atoms with Crippen LogP contribution in [-0.2, 0) is 20.9 Å². The molecule has 0 unspecified atom stereocenters. The van der Waals surface area contributed by atoms with Crippen molar-refractivity contribution in [1.29, 1.82) is 0 Å². The average Bonchev–Trinajstić information content (AvgIpc) is 2.79. The maximum atomic E-state index is 11.5. The Labute approximate surface area is 108 Å². The van der Waals surface area contributed by atoms with Gasteiger partial charge in [0.05, 0.1) is 0 Å². The fraction of sp³-hybridized carbons (Fsp3) is 0.500. The molecule has 1 amide bonds. The Morgan fingerprint density at radius 2 is 2.05 bits per heavy atom. The van der Waals surface area contributed by atoms with Crippen molar-refractivity contribution < 1.29 is 24.6 Å². The number of carbonyl (C=O) groups is 3. The molecule has 19 heavy (non-hydrogen) atoms. The SMILES string of the molecule is O=C(O)CCC[C@@H](NC(=O)Cn1cncn1)C(=O)O. The molecule has 0 aliphatic carbocycles. The number of nitrogens with zero attached hydrogens (tertiary/aromatic N) is 3. The zero-order valence-electron chi connectivity index (χ0n) is 10.0. The Bertz CT molecular complexity index is 445. The van der Waals surface area contributed by atoms with Crippen LogP contribution < -0.4 is 5.32 Å². The Balaban J connectivity index is 2.42. The second-order valence-electron chi connectivity index (χ2n) is 3.84. The lowest BCUT2D eigenvalue weighted by atomic mass is 10.1. The Morgan fingerprint density at radius 3 is 2.58 bits per heavy atom. The molecule has 0 bridgehead atoms. The third-order valence-electron chi connectivity index (χ3n) is 2.29. The fourth-order valence-corrected chi connectivity index (χ4v) is 1.42. The van der Waals surface area contributed by atoms with Crippen LogP contribution in [0, 0.1) is 0 Å². The average molecular weight is 270 g/mol. The van der Waals surface area contributed by atoms with Crippen LogP contribution in [0.15, 0.2) is 12.7 Å². The van der Waals surface area contributed by atoms with Crippen molar-refractivity contribution in [3.8, 4) is 0 Å². The monoisotopic (exact) mass is 270 g/mol. The van der Waals surface area contributed by atoms with Gasteiger partial charge in [-0.25, -0.2) is 14.5 Å². The predicted octanol–water partition coefficient (Wildman–Crippen LogP) is -0.898. The van der Waals surface area contributed by atoms with Gasteiger partial charge < -0.3 is 15.5 Å². The van der Waals surface area contributed by atoms with Gasteiger partial charge in [0.1, 0.15) is 25.2 Å². The number of carboxylic acids is 2. The summed E-state index contributed by atoms with van der Waals surface area (Å²) in [5, 5.41) is 23.4. The van der Waals surface area contributed by atoms with E-state index < -0.39 is 23.9 Å². The number of rotatable bonds is 8. The highest BCUT2D eigenvalue weighted by Crippen LogP contribution is 2.02. The Morgan fingerprint density at radius 1 is 1.32 bits per heavy atom. The Hall–Kier alpha value is -2.45. The lowest BCUT2D eigenvalue weighted by Gasteiger charge is -2.13. The minimum Gasteiger partial charge on any atom is -0.481 e. The first-order valence-corrected chi connectivity index (χ1v) is 5.55. The van der Waals surface area contributed by atoms with Crippen LogP contribution in [0.1, 0.15) is 19.3 Å². The van der Waals surface area contributed by atoms with E-state index in [1.165, 1.54) is 17.3 Å².